The minimum Gasteiger partial charge on any atom is -0.472 e. The smallest absolute Gasteiger partial charge is 0.0934 e. The van der Waals surface area contributed by atoms with Gasteiger partial charge in [0, 0.05) is 5.38 Å². The Morgan fingerprint density at radius 3 is 2.75 bits per heavy atom. The summed E-state index contributed by atoms with van der Waals surface area (Å²) in [5, 5.41) is 0.278. The van der Waals surface area contributed by atoms with Gasteiger partial charge in [-0.05, 0) is 30.4 Å². The zero-order chi connectivity index (χ0) is 8.97. The molecule has 0 saturated heterocycles. The summed E-state index contributed by atoms with van der Waals surface area (Å²) in [5.74, 6) is 0.554. The number of halogens is 1. The van der Waals surface area contributed by atoms with Gasteiger partial charge in [-0.2, -0.15) is 0 Å². The second-order valence-corrected chi connectivity index (χ2v) is 3.99. The van der Waals surface area contributed by atoms with Gasteiger partial charge in [0.25, 0.3) is 0 Å². The fourth-order valence-electron chi connectivity index (χ4n) is 1.07. The van der Waals surface area contributed by atoms with Gasteiger partial charge in [-0.1, -0.05) is 13.8 Å². The molecular weight excluding hydrogens is 172 g/mol. The van der Waals surface area contributed by atoms with Gasteiger partial charge < -0.3 is 4.42 Å². The van der Waals surface area contributed by atoms with Gasteiger partial charge >= 0.3 is 0 Å². The van der Waals surface area contributed by atoms with Crippen molar-refractivity contribution in [3.05, 3.63) is 24.2 Å². The van der Waals surface area contributed by atoms with Crippen molar-refractivity contribution in [2.75, 3.05) is 0 Å². The first-order valence-corrected chi connectivity index (χ1v) is 4.79. The van der Waals surface area contributed by atoms with E-state index in [-0.39, 0.29) is 5.38 Å². The number of rotatable bonds is 4. The monoisotopic (exact) mass is 186 g/mol. The Balaban J connectivity index is 2.27. The largest absolute Gasteiger partial charge is 0.472 e. The van der Waals surface area contributed by atoms with Gasteiger partial charge in [0.1, 0.15) is 0 Å². The highest BCUT2D eigenvalue weighted by atomic mass is 35.5. The SMILES string of the molecule is CC(C)C(Cl)CCc1ccoc1. The molecular formula is C10H15ClO. The first-order chi connectivity index (χ1) is 5.70. The highest BCUT2D eigenvalue weighted by Gasteiger charge is 2.09. The van der Waals surface area contributed by atoms with E-state index >= 15 is 0 Å². The molecule has 0 saturated carbocycles. The molecule has 0 N–H and O–H groups in total. The average Bonchev–Trinajstić information content (AvgIpc) is 2.51. The fraction of sp³-hybridized carbons (Fsp3) is 0.600. The van der Waals surface area contributed by atoms with Crippen molar-refractivity contribution in [2.24, 2.45) is 5.92 Å². The number of hydrogen-bond donors (Lipinski definition) is 0. The van der Waals surface area contributed by atoms with E-state index in [1.165, 1.54) is 5.56 Å². The molecule has 1 aromatic heterocycles. The molecule has 0 aliphatic rings. The predicted octanol–water partition coefficient (Wildman–Crippen LogP) is 3.48. The van der Waals surface area contributed by atoms with E-state index in [4.69, 9.17) is 16.0 Å². The zero-order valence-electron chi connectivity index (χ0n) is 7.59. The lowest BCUT2D eigenvalue weighted by atomic mass is 10.0. The van der Waals surface area contributed by atoms with E-state index in [9.17, 15) is 0 Å². The Bertz CT molecular complexity index is 204. The Hall–Kier alpha value is -0.430. The van der Waals surface area contributed by atoms with Crippen molar-refractivity contribution in [1.29, 1.82) is 0 Å². The highest BCUT2D eigenvalue weighted by molar-refractivity contribution is 6.20. The van der Waals surface area contributed by atoms with E-state index in [0.29, 0.717) is 5.92 Å². The molecule has 0 fully saturated rings. The third-order valence-electron chi connectivity index (χ3n) is 2.01. The lowest BCUT2D eigenvalue weighted by molar-refractivity contribution is 0.550. The molecule has 1 unspecified atom stereocenters. The maximum Gasteiger partial charge on any atom is 0.0934 e. The van der Waals surface area contributed by atoms with Crippen LogP contribution in [0.1, 0.15) is 25.8 Å². The topological polar surface area (TPSA) is 13.1 Å². The van der Waals surface area contributed by atoms with Crippen LogP contribution in [0.25, 0.3) is 0 Å². The standard InChI is InChI=1S/C10H15ClO/c1-8(2)10(11)4-3-9-5-6-12-7-9/h5-8,10H,3-4H2,1-2H3. The second-order valence-electron chi connectivity index (χ2n) is 3.43. The van der Waals surface area contributed by atoms with Gasteiger partial charge in [-0.3, -0.25) is 0 Å². The van der Waals surface area contributed by atoms with Crippen LogP contribution in [0.4, 0.5) is 0 Å². The molecule has 0 aliphatic heterocycles. The van der Waals surface area contributed by atoms with Crippen LogP contribution in [0.5, 0.6) is 0 Å². The molecule has 2 heteroatoms. The first kappa shape index (κ1) is 9.66. The maximum atomic E-state index is 6.10. The first-order valence-electron chi connectivity index (χ1n) is 4.35. The number of aryl methyl sites for hydroxylation is 1. The van der Waals surface area contributed by atoms with Gasteiger partial charge in [0.15, 0.2) is 0 Å². The van der Waals surface area contributed by atoms with Crippen molar-refractivity contribution in [3.8, 4) is 0 Å². The lowest BCUT2D eigenvalue weighted by Crippen LogP contribution is -2.08. The summed E-state index contributed by atoms with van der Waals surface area (Å²) < 4.78 is 4.96. The van der Waals surface area contributed by atoms with E-state index in [2.05, 4.69) is 13.8 Å². The maximum absolute atomic E-state index is 6.10. The van der Waals surface area contributed by atoms with Crippen LogP contribution in [0, 0.1) is 5.92 Å². The Kier molecular flexibility index (Phi) is 3.67. The summed E-state index contributed by atoms with van der Waals surface area (Å²) >= 11 is 6.10. The van der Waals surface area contributed by atoms with Crippen LogP contribution in [-0.2, 0) is 6.42 Å². The predicted molar refractivity (Wildman–Crippen MR) is 51.5 cm³/mol. The normalized spacial score (nSPS) is 13.7. The molecule has 1 atom stereocenters. The van der Waals surface area contributed by atoms with Crippen molar-refractivity contribution in [3.63, 3.8) is 0 Å². The third-order valence-corrected chi connectivity index (χ3v) is 2.73. The number of furan rings is 1. The van der Waals surface area contributed by atoms with Gasteiger partial charge in [-0.15, -0.1) is 11.6 Å². The summed E-state index contributed by atoms with van der Waals surface area (Å²) in [6.45, 7) is 4.29. The van der Waals surface area contributed by atoms with E-state index in [1.54, 1.807) is 12.5 Å². The van der Waals surface area contributed by atoms with Crippen LogP contribution < -0.4 is 0 Å². The molecule has 12 heavy (non-hydrogen) atoms. The van der Waals surface area contributed by atoms with Crippen LogP contribution in [0.15, 0.2) is 23.0 Å². The Morgan fingerprint density at radius 1 is 1.50 bits per heavy atom. The molecule has 68 valence electrons. The van der Waals surface area contributed by atoms with Gasteiger partial charge in [-0.25, -0.2) is 0 Å². The summed E-state index contributed by atoms with van der Waals surface area (Å²) in [4.78, 5) is 0. The molecule has 0 aliphatic carbocycles. The summed E-state index contributed by atoms with van der Waals surface area (Å²) in [5.41, 5.74) is 1.24. The lowest BCUT2D eigenvalue weighted by Gasteiger charge is -2.11. The summed E-state index contributed by atoms with van der Waals surface area (Å²) in [6.07, 6.45) is 5.53. The molecule has 0 amide bonds. The molecule has 0 radical (unpaired) electrons. The molecule has 1 heterocycles. The van der Waals surface area contributed by atoms with Crippen molar-refractivity contribution < 1.29 is 4.42 Å². The third kappa shape index (κ3) is 2.90. The van der Waals surface area contributed by atoms with Crippen molar-refractivity contribution >= 4 is 11.6 Å². The minimum atomic E-state index is 0.278. The van der Waals surface area contributed by atoms with E-state index < -0.39 is 0 Å². The van der Waals surface area contributed by atoms with Gasteiger partial charge in [0.05, 0.1) is 12.5 Å². The van der Waals surface area contributed by atoms with Crippen LogP contribution >= 0.6 is 11.6 Å². The Morgan fingerprint density at radius 2 is 2.25 bits per heavy atom. The van der Waals surface area contributed by atoms with Crippen molar-refractivity contribution in [2.45, 2.75) is 32.1 Å². The zero-order valence-corrected chi connectivity index (χ0v) is 8.34. The van der Waals surface area contributed by atoms with E-state index in [1.807, 2.05) is 6.07 Å². The quantitative estimate of drug-likeness (QED) is 0.657. The molecule has 0 aromatic carbocycles. The van der Waals surface area contributed by atoms with Crippen LogP contribution in [0.3, 0.4) is 0 Å². The van der Waals surface area contributed by atoms with Gasteiger partial charge in [0.2, 0.25) is 0 Å². The number of alkyl halides is 1. The average molecular weight is 187 g/mol. The Labute approximate surface area is 78.7 Å². The minimum absolute atomic E-state index is 0.278. The van der Waals surface area contributed by atoms with Crippen LogP contribution in [-0.4, -0.2) is 5.38 Å². The fourth-order valence-corrected chi connectivity index (χ4v) is 1.18. The van der Waals surface area contributed by atoms with Crippen molar-refractivity contribution in [1.82, 2.24) is 0 Å². The van der Waals surface area contributed by atoms with Crippen LogP contribution in [0.2, 0.25) is 0 Å². The molecule has 1 nitrogen and oxygen atoms in total. The summed E-state index contributed by atoms with van der Waals surface area (Å²) in [7, 11) is 0. The highest BCUT2D eigenvalue weighted by Crippen LogP contribution is 2.16. The molecule has 0 bridgehead atoms. The van der Waals surface area contributed by atoms with E-state index in [0.717, 1.165) is 12.8 Å². The molecule has 1 rings (SSSR count). The second kappa shape index (κ2) is 4.56. The summed E-state index contributed by atoms with van der Waals surface area (Å²) in [6, 6.07) is 1.99. The number of hydrogen-bond acceptors (Lipinski definition) is 1. The molecule has 0 spiro atoms. The molecule has 1 aromatic rings.